The lowest BCUT2D eigenvalue weighted by Gasteiger charge is -2.49. The first kappa shape index (κ1) is 26.9. The molecule has 0 spiro atoms. The zero-order valence-corrected chi connectivity index (χ0v) is 22.4. The molecule has 0 radical (unpaired) electrons. The molecule has 1 saturated heterocycles. The Balaban J connectivity index is 1.54. The number of hydrogen-bond donors (Lipinski definition) is 6. The normalized spacial score (nSPS) is 19.2. The molecule has 8 N–H and O–H groups in total. The molecule has 0 saturated carbocycles. The standard InChI is InChI=1S/C19H17ClN8O5S4/c20-13-9(26-19(22)37-13)10(27-33)14(29)25-11-15(30)28-12(17(31)32)8(5-35-16(11)28)36-7-1-2-23-3-6(7)4-24-18(21)34/h1-3,11,16,33H,4-5H2,(H2,22,26)(H,25,29)(H,31,32)(H3,21,24,34)/b27-10-/t11-,16-/m1/s1. The molecule has 13 nitrogen and oxygen atoms in total. The Morgan fingerprint density at radius 2 is 2.19 bits per heavy atom. The van der Waals surface area contributed by atoms with Gasteiger partial charge in [0.15, 0.2) is 16.0 Å². The molecule has 2 aliphatic heterocycles. The molecule has 194 valence electrons. The number of aromatic nitrogens is 2. The summed E-state index contributed by atoms with van der Waals surface area (Å²) in [6.45, 7) is 0.289. The Morgan fingerprint density at radius 3 is 2.81 bits per heavy atom. The smallest absolute Gasteiger partial charge is 0.353 e. The molecule has 2 aromatic heterocycles. The number of nitrogens with one attached hydrogen (secondary N) is 2. The van der Waals surface area contributed by atoms with Crippen molar-refractivity contribution in [2.24, 2.45) is 10.9 Å². The van der Waals surface area contributed by atoms with Crippen LogP contribution >= 0.6 is 58.7 Å². The third-order valence-electron chi connectivity index (χ3n) is 5.11. The van der Waals surface area contributed by atoms with Gasteiger partial charge in [-0.3, -0.25) is 19.5 Å². The largest absolute Gasteiger partial charge is 0.477 e. The SMILES string of the molecule is NC(=S)NCc1cnccc1SC1=C(C(=O)O)N2C(=O)[C@@H](NC(=O)/C(=N\O)c3nc(N)sc3Cl)[C@H]2SC1. The van der Waals surface area contributed by atoms with Crippen LogP contribution in [0.2, 0.25) is 4.34 Å². The number of aliphatic carboxylic acids is 1. The van der Waals surface area contributed by atoms with Crippen LogP contribution in [0.5, 0.6) is 0 Å². The van der Waals surface area contributed by atoms with E-state index in [1.165, 1.54) is 23.5 Å². The van der Waals surface area contributed by atoms with E-state index in [9.17, 15) is 24.7 Å². The third-order valence-corrected chi connectivity index (χ3v) is 9.00. The van der Waals surface area contributed by atoms with Gasteiger partial charge in [0.25, 0.3) is 11.8 Å². The predicted octanol–water partition coefficient (Wildman–Crippen LogP) is 0.774. The minimum Gasteiger partial charge on any atom is -0.477 e. The molecule has 4 heterocycles. The molecular weight excluding hydrogens is 584 g/mol. The molecule has 0 bridgehead atoms. The summed E-state index contributed by atoms with van der Waals surface area (Å²) in [5.41, 5.74) is 11.0. The zero-order valence-electron chi connectivity index (χ0n) is 18.4. The number of rotatable bonds is 8. The number of hydrogen-bond acceptors (Lipinski definition) is 12. The summed E-state index contributed by atoms with van der Waals surface area (Å²) < 4.78 is 0.0331. The molecule has 2 aliphatic rings. The number of carbonyl (C=O) groups excluding carboxylic acids is 2. The average Bonchev–Trinajstić information content (AvgIpc) is 3.19. The van der Waals surface area contributed by atoms with Crippen molar-refractivity contribution >= 4 is 92.4 Å². The van der Waals surface area contributed by atoms with Crippen molar-refractivity contribution in [2.75, 3.05) is 11.5 Å². The number of thiocarbonyl (C=S) groups is 1. The van der Waals surface area contributed by atoms with Gasteiger partial charge in [-0.25, -0.2) is 9.78 Å². The quantitative estimate of drug-likeness (QED) is 0.0814. The van der Waals surface area contributed by atoms with Gasteiger partial charge >= 0.3 is 5.97 Å². The lowest BCUT2D eigenvalue weighted by Crippen LogP contribution is -2.71. The van der Waals surface area contributed by atoms with Crippen molar-refractivity contribution in [3.63, 3.8) is 0 Å². The topological polar surface area (TPSA) is 209 Å². The second-order valence-electron chi connectivity index (χ2n) is 7.36. The maximum absolute atomic E-state index is 13.0. The molecule has 0 unspecified atom stereocenters. The van der Waals surface area contributed by atoms with E-state index in [2.05, 4.69) is 25.8 Å². The molecule has 4 rings (SSSR count). The van der Waals surface area contributed by atoms with Crippen LogP contribution < -0.4 is 22.1 Å². The van der Waals surface area contributed by atoms with E-state index in [0.29, 0.717) is 9.80 Å². The average molecular weight is 601 g/mol. The molecule has 2 amide bonds. The van der Waals surface area contributed by atoms with E-state index < -0.39 is 34.9 Å². The van der Waals surface area contributed by atoms with Crippen LogP contribution in [0.15, 0.2) is 39.1 Å². The number of thioether (sulfide) groups is 2. The van der Waals surface area contributed by atoms with Crippen molar-refractivity contribution in [1.29, 1.82) is 0 Å². The maximum Gasteiger partial charge on any atom is 0.353 e. The first-order chi connectivity index (χ1) is 17.6. The minimum absolute atomic E-state index is 0.0331. The number of carboxylic acids is 1. The molecule has 2 atom stereocenters. The first-order valence-electron chi connectivity index (χ1n) is 10.1. The number of nitrogens with two attached hydrogens (primary N) is 2. The van der Waals surface area contributed by atoms with Gasteiger partial charge < -0.3 is 32.4 Å². The number of fused-ring (bicyclic) bond motifs is 1. The van der Waals surface area contributed by atoms with Crippen molar-refractivity contribution in [2.45, 2.75) is 22.9 Å². The Labute approximate surface area is 231 Å². The molecule has 0 aliphatic carbocycles. The highest BCUT2D eigenvalue weighted by Gasteiger charge is 2.54. The highest BCUT2D eigenvalue weighted by molar-refractivity contribution is 8.06. The predicted molar refractivity (Wildman–Crippen MR) is 143 cm³/mol. The van der Waals surface area contributed by atoms with E-state index in [4.69, 9.17) is 35.3 Å². The van der Waals surface area contributed by atoms with Gasteiger partial charge in [-0.15, -0.1) is 11.8 Å². The first-order valence-corrected chi connectivity index (χ1v) is 13.6. The van der Waals surface area contributed by atoms with Crippen LogP contribution in [-0.2, 0) is 20.9 Å². The number of anilines is 1. The van der Waals surface area contributed by atoms with Gasteiger partial charge in [-0.05, 0) is 18.3 Å². The zero-order chi connectivity index (χ0) is 26.9. The number of nitrogens with zero attached hydrogens (tertiary/aromatic N) is 4. The Morgan fingerprint density at radius 1 is 1.43 bits per heavy atom. The van der Waals surface area contributed by atoms with Gasteiger partial charge in [0.05, 0.1) is 0 Å². The van der Waals surface area contributed by atoms with Crippen molar-refractivity contribution in [3.05, 3.63) is 44.7 Å². The third kappa shape index (κ3) is 5.45. The number of carbonyl (C=O) groups is 3. The van der Waals surface area contributed by atoms with Crippen molar-refractivity contribution in [3.8, 4) is 0 Å². The van der Waals surface area contributed by atoms with E-state index >= 15 is 0 Å². The lowest BCUT2D eigenvalue weighted by molar-refractivity contribution is -0.150. The monoisotopic (exact) mass is 600 g/mol. The summed E-state index contributed by atoms with van der Waals surface area (Å²) in [4.78, 5) is 48.2. The van der Waals surface area contributed by atoms with E-state index in [1.807, 2.05) is 0 Å². The van der Waals surface area contributed by atoms with E-state index in [-0.39, 0.29) is 38.3 Å². The number of amides is 2. The summed E-state index contributed by atoms with van der Waals surface area (Å²) in [6.07, 6.45) is 3.17. The molecule has 1 fully saturated rings. The number of halogens is 1. The van der Waals surface area contributed by atoms with Gasteiger partial charge in [-0.1, -0.05) is 39.9 Å². The number of oxime groups is 1. The van der Waals surface area contributed by atoms with Gasteiger partial charge in [0.2, 0.25) is 0 Å². The van der Waals surface area contributed by atoms with Crippen LogP contribution in [0.25, 0.3) is 0 Å². The van der Waals surface area contributed by atoms with E-state index in [0.717, 1.165) is 21.8 Å². The Kier molecular flexibility index (Phi) is 8.08. The lowest BCUT2D eigenvalue weighted by atomic mass is 10.0. The van der Waals surface area contributed by atoms with Crippen molar-refractivity contribution < 1.29 is 24.7 Å². The highest BCUT2D eigenvalue weighted by Crippen LogP contribution is 2.45. The van der Waals surface area contributed by atoms with Gasteiger partial charge in [0.1, 0.15) is 27.1 Å². The number of nitrogen functional groups attached to an aromatic ring is 1. The molecule has 2 aromatic rings. The fraction of sp³-hybridized carbons (Fsp3) is 0.211. The maximum atomic E-state index is 13.0. The summed E-state index contributed by atoms with van der Waals surface area (Å²) >= 11 is 14.2. The summed E-state index contributed by atoms with van der Waals surface area (Å²) in [5.74, 6) is -2.58. The number of thiazole rings is 1. The molecular formula is C19H17ClN8O5S4. The molecule has 37 heavy (non-hydrogen) atoms. The molecule has 0 aromatic carbocycles. The van der Waals surface area contributed by atoms with Gasteiger partial charge in [0, 0.05) is 40.1 Å². The van der Waals surface area contributed by atoms with Crippen LogP contribution in [-0.4, -0.2) is 71.0 Å². The Bertz CT molecular complexity index is 1370. The fourth-order valence-electron chi connectivity index (χ4n) is 3.50. The highest BCUT2D eigenvalue weighted by atomic mass is 35.5. The summed E-state index contributed by atoms with van der Waals surface area (Å²) in [6, 6.07) is 0.661. The van der Waals surface area contributed by atoms with Crippen LogP contribution in [0.3, 0.4) is 0 Å². The fourth-order valence-corrected chi connectivity index (χ4v) is 7.07. The summed E-state index contributed by atoms with van der Waals surface area (Å²) in [5, 5.41) is 27.0. The summed E-state index contributed by atoms with van der Waals surface area (Å²) in [7, 11) is 0. The minimum atomic E-state index is -1.29. The van der Waals surface area contributed by atoms with Gasteiger partial charge in [-0.2, -0.15) is 0 Å². The van der Waals surface area contributed by atoms with Crippen LogP contribution in [0, 0.1) is 0 Å². The number of pyridine rings is 1. The number of β-lactam (4-membered cyclic amide) rings is 1. The van der Waals surface area contributed by atoms with E-state index in [1.54, 1.807) is 18.5 Å². The number of carboxylic acid groups (broad SMARTS) is 1. The Hall–Kier alpha value is -3.12. The second kappa shape index (κ2) is 11.1. The van der Waals surface area contributed by atoms with Crippen molar-refractivity contribution in [1.82, 2.24) is 25.5 Å². The van der Waals surface area contributed by atoms with Crippen LogP contribution in [0.4, 0.5) is 5.13 Å². The van der Waals surface area contributed by atoms with Crippen LogP contribution in [0.1, 0.15) is 11.3 Å². The second-order valence-corrected chi connectivity index (χ2v) is 11.7. The molecule has 18 heteroatoms.